The molecule has 0 spiro atoms. The van der Waals surface area contributed by atoms with Crippen molar-refractivity contribution in [1.29, 1.82) is 0 Å². The summed E-state index contributed by atoms with van der Waals surface area (Å²) >= 11 is 0. The molecule has 0 radical (unpaired) electrons. The van der Waals surface area contributed by atoms with Gasteiger partial charge in [-0.25, -0.2) is 0 Å². The summed E-state index contributed by atoms with van der Waals surface area (Å²) in [6, 6.07) is 11.6. The zero-order valence-electron chi connectivity index (χ0n) is 17.1. The van der Waals surface area contributed by atoms with Crippen LogP contribution in [0.4, 0.5) is 13.2 Å². The van der Waals surface area contributed by atoms with Gasteiger partial charge in [0.2, 0.25) is 0 Å². The highest BCUT2D eigenvalue weighted by Gasteiger charge is 2.34. The second kappa shape index (κ2) is 11.4. The topological polar surface area (TPSA) is 81.8 Å². The summed E-state index contributed by atoms with van der Waals surface area (Å²) in [5.74, 6) is -0.244. The third-order valence-corrected chi connectivity index (χ3v) is 4.82. The monoisotopic (exact) mass is 456 g/mol. The minimum Gasteiger partial charge on any atom is -0.493 e. The Morgan fingerprint density at radius 3 is 2.61 bits per heavy atom. The Balaban J connectivity index is 2.08. The van der Waals surface area contributed by atoms with Crippen LogP contribution in [0.25, 0.3) is 6.08 Å². The summed E-state index contributed by atoms with van der Waals surface area (Å²) in [5, 5.41) is 9.38. The minimum atomic E-state index is -4.60. The van der Waals surface area contributed by atoms with Crippen molar-refractivity contribution >= 4 is 14.8 Å². The van der Waals surface area contributed by atoms with Gasteiger partial charge in [-0.15, -0.1) is 4.52 Å². The highest BCUT2D eigenvalue weighted by atomic mass is 31.1. The van der Waals surface area contributed by atoms with Gasteiger partial charge in [-0.1, -0.05) is 48.0 Å². The number of halogens is 3. The van der Waals surface area contributed by atoms with Gasteiger partial charge < -0.3 is 15.6 Å². The van der Waals surface area contributed by atoms with Gasteiger partial charge in [-0.2, -0.15) is 13.2 Å². The number of alkyl halides is 3. The van der Waals surface area contributed by atoms with Crippen molar-refractivity contribution in [1.82, 2.24) is 0 Å². The number of hydrogen-bond donors (Lipinski definition) is 2. The lowest BCUT2D eigenvalue weighted by Gasteiger charge is -2.19. The van der Waals surface area contributed by atoms with Crippen LogP contribution in [-0.4, -0.2) is 30.5 Å². The zero-order valence-corrected chi connectivity index (χ0v) is 18.1. The van der Waals surface area contributed by atoms with Gasteiger partial charge in [0, 0.05) is 0 Å². The van der Waals surface area contributed by atoms with Crippen molar-refractivity contribution in [2.45, 2.75) is 31.5 Å². The molecule has 2 atom stereocenters. The molecular formula is C22H26F3NO4P+. The Hall–Kier alpha value is -2.25. The predicted molar refractivity (Wildman–Crippen MR) is 114 cm³/mol. The first-order chi connectivity index (χ1) is 14.7. The summed E-state index contributed by atoms with van der Waals surface area (Å²) in [7, 11) is -1.06. The van der Waals surface area contributed by atoms with Crippen LogP contribution in [0.5, 0.6) is 5.75 Å². The highest BCUT2D eigenvalue weighted by molar-refractivity contribution is 7.17. The summed E-state index contributed by atoms with van der Waals surface area (Å²) < 4.78 is 61.2. The number of benzene rings is 2. The molecule has 0 aliphatic carbocycles. The molecule has 168 valence electrons. The molecule has 0 aliphatic rings. The molecule has 2 aromatic carbocycles. The molecule has 0 heterocycles. The van der Waals surface area contributed by atoms with E-state index in [2.05, 4.69) is 0 Å². The molecule has 0 bridgehead atoms. The maximum Gasteiger partial charge on any atom is 0.494 e. The van der Waals surface area contributed by atoms with Crippen molar-refractivity contribution in [3.63, 3.8) is 0 Å². The van der Waals surface area contributed by atoms with E-state index < -0.39 is 32.6 Å². The smallest absolute Gasteiger partial charge is 0.493 e. The van der Waals surface area contributed by atoms with Gasteiger partial charge >= 0.3 is 14.9 Å². The molecule has 0 saturated heterocycles. The lowest BCUT2D eigenvalue weighted by atomic mass is 10.0. The van der Waals surface area contributed by atoms with Crippen LogP contribution in [0.15, 0.2) is 48.5 Å². The number of rotatable bonds is 11. The Labute approximate surface area is 181 Å². The van der Waals surface area contributed by atoms with Crippen LogP contribution in [0.2, 0.25) is 0 Å². The summed E-state index contributed by atoms with van der Waals surface area (Å²) in [6.45, 7) is 1.37. The van der Waals surface area contributed by atoms with Crippen molar-refractivity contribution in [3.05, 3.63) is 70.8 Å². The molecule has 2 unspecified atom stereocenters. The normalized spacial score (nSPS) is 14.1. The standard InChI is InChI=1S/C22H26F3NO4P/c1-16-4-2-5-17(12-16)6-3-11-29-20-8-7-18(13-19(20)22(23,24)25)9-10-21(26,14-27)15-30-31-28/h2,4-5,7-10,12-13,27,31H,3,6,11,14-15,26H2,1H3/q+1. The quantitative estimate of drug-likeness (QED) is 0.379. The van der Waals surface area contributed by atoms with Crippen LogP contribution < -0.4 is 10.5 Å². The van der Waals surface area contributed by atoms with E-state index in [9.17, 15) is 22.8 Å². The molecule has 5 nitrogen and oxygen atoms in total. The Morgan fingerprint density at radius 2 is 1.97 bits per heavy atom. The molecule has 0 amide bonds. The van der Waals surface area contributed by atoms with Crippen LogP contribution >= 0.6 is 8.69 Å². The molecule has 0 aliphatic heterocycles. The number of nitrogens with two attached hydrogens (primary N) is 1. The molecule has 2 aromatic rings. The van der Waals surface area contributed by atoms with Crippen LogP contribution in [0, 0.1) is 6.92 Å². The Bertz CT molecular complexity index is 905. The minimum absolute atomic E-state index is 0.149. The van der Waals surface area contributed by atoms with E-state index in [1.807, 2.05) is 31.2 Å². The van der Waals surface area contributed by atoms with E-state index in [4.69, 9.17) is 15.0 Å². The molecule has 0 saturated carbocycles. The Kier molecular flexibility index (Phi) is 9.19. The predicted octanol–water partition coefficient (Wildman–Crippen LogP) is 4.68. The van der Waals surface area contributed by atoms with E-state index in [1.165, 1.54) is 24.3 Å². The second-order valence-electron chi connectivity index (χ2n) is 7.29. The first kappa shape index (κ1) is 25.0. The van der Waals surface area contributed by atoms with Gasteiger partial charge in [0.05, 0.1) is 24.3 Å². The lowest BCUT2D eigenvalue weighted by molar-refractivity contribution is -0.139. The van der Waals surface area contributed by atoms with E-state index in [-0.39, 0.29) is 24.5 Å². The van der Waals surface area contributed by atoms with E-state index in [0.29, 0.717) is 12.8 Å². The van der Waals surface area contributed by atoms with E-state index >= 15 is 0 Å². The van der Waals surface area contributed by atoms with Gasteiger partial charge in [0.1, 0.15) is 12.4 Å². The second-order valence-corrected chi connectivity index (χ2v) is 7.75. The van der Waals surface area contributed by atoms with Crippen molar-refractivity contribution in [2.75, 3.05) is 19.8 Å². The van der Waals surface area contributed by atoms with E-state index in [1.54, 1.807) is 0 Å². The third kappa shape index (κ3) is 8.07. The molecular weight excluding hydrogens is 430 g/mol. The largest absolute Gasteiger partial charge is 0.494 e. The Morgan fingerprint density at radius 1 is 1.19 bits per heavy atom. The zero-order chi connectivity index (χ0) is 22.9. The van der Waals surface area contributed by atoms with Gasteiger partial charge in [-0.3, -0.25) is 0 Å². The summed E-state index contributed by atoms with van der Waals surface area (Å²) in [4.78, 5) is 0. The number of aryl methyl sites for hydroxylation is 2. The van der Waals surface area contributed by atoms with Gasteiger partial charge in [-0.05, 0) is 47.6 Å². The molecule has 0 fully saturated rings. The number of ether oxygens (including phenoxy) is 1. The fourth-order valence-corrected chi connectivity index (χ4v) is 3.22. The summed E-state index contributed by atoms with van der Waals surface area (Å²) in [6.07, 6.45) is -0.640. The molecule has 9 heteroatoms. The van der Waals surface area contributed by atoms with Crippen molar-refractivity contribution < 1.29 is 32.1 Å². The van der Waals surface area contributed by atoms with Gasteiger partial charge in [0.15, 0.2) is 0 Å². The van der Waals surface area contributed by atoms with Crippen molar-refractivity contribution in [3.8, 4) is 5.75 Å². The third-order valence-electron chi connectivity index (χ3n) is 4.56. The van der Waals surface area contributed by atoms with Gasteiger partial charge in [0.25, 0.3) is 0 Å². The molecule has 3 N–H and O–H groups in total. The number of aliphatic hydroxyl groups is 1. The molecule has 2 rings (SSSR count). The first-order valence-corrected chi connectivity index (χ1v) is 10.5. The maximum absolute atomic E-state index is 13.5. The number of hydrogen-bond acceptors (Lipinski definition) is 5. The van der Waals surface area contributed by atoms with Crippen LogP contribution in [0.1, 0.15) is 28.7 Å². The maximum atomic E-state index is 13.5. The van der Waals surface area contributed by atoms with Crippen LogP contribution in [-0.2, 0) is 21.7 Å². The first-order valence-electron chi connectivity index (χ1n) is 9.64. The molecule has 31 heavy (non-hydrogen) atoms. The molecule has 0 aromatic heterocycles. The average Bonchev–Trinajstić information content (AvgIpc) is 2.73. The number of aliphatic hydroxyl groups excluding tert-OH is 1. The van der Waals surface area contributed by atoms with Crippen LogP contribution in [0.3, 0.4) is 0 Å². The van der Waals surface area contributed by atoms with Crippen molar-refractivity contribution in [2.24, 2.45) is 5.73 Å². The lowest BCUT2D eigenvalue weighted by Crippen LogP contribution is -2.45. The summed E-state index contributed by atoms with van der Waals surface area (Å²) in [5.41, 5.74) is 6.09. The highest BCUT2D eigenvalue weighted by Crippen LogP contribution is 2.37. The fraction of sp³-hybridized carbons (Fsp3) is 0.364. The SMILES string of the molecule is Cc1cccc(CCCOc2ccc(C=CC(N)(CO)CO[PH+]=O)cc2C(F)(F)F)c1. The average molecular weight is 456 g/mol. The fourth-order valence-electron chi connectivity index (χ4n) is 2.90. The van der Waals surface area contributed by atoms with E-state index in [0.717, 1.165) is 17.2 Å².